The van der Waals surface area contributed by atoms with E-state index >= 15 is 0 Å². The van der Waals surface area contributed by atoms with E-state index in [4.69, 9.17) is 0 Å². The van der Waals surface area contributed by atoms with Crippen molar-refractivity contribution in [2.45, 2.75) is 25.8 Å². The van der Waals surface area contributed by atoms with Crippen molar-refractivity contribution in [3.05, 3.63) is 30.1 Å². The van der Waals surface area contributed by atoms with Crippen LogP contribution >= 0.6 is 0 Å². The summed E-state index contributed by atoms with van der Waals surface area (Å²) in [6, 6.07) is 3.59. The zero-order valence-electron chi connectivity index (χ0n) is 12.3. The first kappa shape index (κ1) is 15.9. The van der Waals surface area contributed by atoms with Crippen molar-refractivity contribution in [3.63, 3.8) is 0 Å². The maximum Gasteiger partial charge on any atom is 0.224 e. The molecule has 0 aromatic carbocycles. The van der Waals surface area contributed by atoms with Crippen LogP contribution in [0.1, 0.15) is 31.4 Å². The Hall–Kier alpha value is -1.47. The molecule has 1 fully saturated rings. The molecule has 1 amide bonds. The predicted octanol–water partition coefficient (Wildman–Crippen LogP) is 0.930. The molecule has 2 rings (SSSR count). The van der Waals surface area contributed by atoms with Crippen molar-refractivity contribution in [2.75, 3.05) is 19.3 Å². The van der Waals surface area contributed by atoms with Crippen LogP contribution in [-0.4, -0.2) is 43.0 Å². The minimum atomic E-state index is -3.23. The summed E-state index contributed by atoms with van der Waals surface area (Å²) in [6.07, 6.45) is 6.00. The zero-order chi connectivity index (χ0) is 15.5. The van der Waals surface area contributed by atoms with E-state index in [1.807, 2.05) is 19.1 Å². The molecule has 1 aliphatic rings. The van der Waals surface area contributed by atoms with E-state index in [0.29, 0.717) is 6.54 Å². The van der Waals surface area contributed by atoms with Gasteiger partial charge in [0.1, 0.15) is 0 Å². The minimum Gasteiger partial charge on any atom is -0.349 e. The quantitative estimate of drug-likeness (QED) is 0.897. The van der Waals surface area contributed by atoms with Crippen LogP contribution in [0.25, 0.3) is 0 Å². The van der Waals surface area contributed by atoms with Gasteiger partial charge in [0, 0.05) is 25.5 Å². The molecule has 2 heterocycles. The van der Waals surface area contributed by atoms with Gasteiger partial charge in [0.25, 0.3) is 0 Å². The van der Waals surface area contributed by atoms with Crippen LogP contribution < -0.4 is 5.32 Å². The van der Waals surface area contributed by atoms with Crippen molar-refractivity contribution in [1.82, 2.24) is 14.6 Å². The third-order valence-electron chi connectivity index (χ3n) is 3.79. The number of nitrogens with zero attached hydrogens (tertiary/aromatic N) is 2. The van der Waals surface area contributed by atoms with Crippen LogP contribution in [-0.2, 0) is 14.8 Å². The lowest BCUT2D eigenvalue weighted by atomic mass is 9.98. The monoisotopic (exact) mass is 311 g/mol. The van der Waals surface area contributed by atoms with Crippen LogP contribution in [0.15, 0.2) is 24.5 Å². The summed E-state index contributed by atoms with van der Waals surface area (Å²) in [5.74, 6) is -0.370. The normalized spacial score (nSPS) is 21.7. The maximum atomic E-state index is 12.3. The number of pyridine rings is 1. The Morgan fingerprint density at radius 3 is 2.71 bits per heavy atom. The van der Waals surface area contributed by atoms with E-state index in [-0.39, 0.29) is 24.4 Å². The van der Waals surface area contributed by atoms with Gasteiger partial charge in [-0.2, -0.15) is 0 Å². The van der Waals surface area contributed by atoms with E-state index in [2.05, 4.69) is 10.3 Å². The van der Waals surface area contributed by atoms with E-state index in [9.17, 15) is 13.2 Å². The molecule has 1 aliphatic heterocycles. The predicted molar refractivity (Wildman–Crippen MR) is 79.9 cm³/mol. The highest BCUT2D eigenvalue weighted by atomic mass is 32.2. The fourth-order valence-electron chi connectivity index (χ4n) is 2.52. The number of hydrogen-bond donors (Lipinski definition) is 1. The SMILES string of the molecule is CC(NC(=O)C1CCCN(S(C)(=O)=O)C1)c1ccncc1. The van der Waals surface area contributed by atoms with Crippen molar-refractivity contribution in [1.29, 1.82) is 0 Å². The standard InChI is InChI=1S/C14H21N3O3S/c1-11(12-5-7-15-8-6-12)16-14(18)13-4-3-9-17(10-13)21(2,19)20/h5-8,11,13H,3-4,9-10H2,1-2H3,(H,16,18). The molecule has 1 aromatic heterocycles. The van der Waals surface area contributed by atoms with Gasteiger partial charge in [-0.1, -0.05) is 0 Å². The molecule has 1 saturated heterocycles. The maximum absolute atomic E-state index is 12.3. The molecular formula is C14H21N3O3S. The largest absolute Gasteiger partial charge is 0.349 e. The molecule has 0 spiro atoms. The van der Waals surface area contributed by atoms with Gasteiger partial charge in [-0.15, -0.1) is 0 Å². The lowest BCUT2D eigenvalue weighted by molar-refractivity contribution is -0.126. The summed E-state index contributed by atoms with van der Waals surface area (Å²) in [5, 5.41) is 2.95. The molecule has 1 N–H and O–H groups in total. The molecule has 0 aliphatic carbocycles. The third-order valence-corrected chi connectivity index (χ3v) is 5.06. The Bertz CT molecular complexity index is 589. The van der Waals surface area contributed by atoms with Crippen molar-refractivity contribution in [2.24, 2.45) is 5.92 Å². The van der Waals surface area contributed by atoms with Crippen LogP contribution in [0.5, 0.6) is 0 Å². The molecule has 0 bridgehead atoms. The zero-order valence-corrected chi connectivity index (χ0v) is 13.1. The Balaban J connectivity index is 1.97. The fourth-order valence-corrected chi connectivity index (χ4v) is 3.44. The third kappa shape index (κ3) is 4.25. The molecule has 2 atom stereocenters. The van der Waals surface area contributed by atoms with Crippen LogP contribution in [0.4, 0.5) is 0 Å². The molecule has 0 saturated carbocycles. The summed E-state index contributed by atoms with van der Waals surface area (Å²) in [4.78, 5) is 16.3. The van der Waals surface area contributed by atoms with E-state index in [1.165, 1.54) is 10.6 Å². The van der Waals surface area contributed by atoms with Gasteiger partial charge in [-0.25, -0.2) is 12.7 Å². The number of piperidine rings is 1. The first-order valence-corrected chi connectivity index (χ1v) is 8.88. The number of carbonyl (C=O) groups is 1. The fraction of sp³-hybridized carbons (Fsp3) is 0.571. The molecule has 116 valence electrons. The highest BCUT2D eigenvalue weighted by Gasteiger charge is 2.30. The van der Waals surface area contributed by atoms with Gasteiger partial charge in [0.15, 0.2) is 0 Å². The molecule has 6 nitrogen and oxygen atoms in total. The molecular weight excluding hydrogens is 290 g/mol. The van der Waals surface area contributed by atoms with Gasteiger partial charge in [-0.05, 0) is 37.5 Å². The van der Waals surface area contributed by atoms with Gasteiger partial charge in [0.05, 0.1) is 18.2 Å². The summed E-state index contributed by atoms with van der Waals surface area (Å²) in [6.45, 7) is 2.68. The van der Waals surface area contributed by atoms with Gasteiger partial charge >= 0.3 is 0 Å². The second kappa shape index (κ2) is 6.53. The second-order valence-electron chi connectivity index (χ2n) is 5.47. The van der Waals surface area contributed by atoms with E-state index in [0.717, 1.165) is 18.4 Å². The topological polar surface area (TPSA) is 79.4 Å². The highest BCUT2D eigenvalue weighted by Crippen LogP contribution is 2.20. The average molecular weight is 311 g/mol. The number of nitrogens with one attached hydrogen (secondary N) is 1. The summed E-state index contributed by atoms with van der Waals surface area (Å²) < 4.78 is 24.6. The molecule has 21 heavy (non-hydrogen) atoms. The summed E-state index contributed by atoms with van der Waals surface area (Å²) in [7, 11) is -3.23. The lowest BCUT2D eigenvalue weighted by Gasteiger charge is -2.30. The number of carbonyl (C=O) groups excluding carboxylic acids is 1. The van der Waals surface area contributed by atoms with Crippen molar-refractivity contribution in [3.8, 4) is 0 Å². The summed E-state index contributed by atoms with van der Waals surface area (Å²) in [5.41, 5.74) is 0.981. The van der Waals surface area contributed by atoms with Gasteiger partial charge < -0.3 is 5.32 Å². The highest BCUT2D eigenvalue weighted by molar-refractivity contribution is 7.88. The average Bonchev–Trinajstić information content (AvgIpc) is 2.47. The van der Waals surface area contributed by atoms with E-state index in [1.54, 1.807) is 12.4 Å². The minimum absolute atomic E-state index is 0.0901. The molecule has 0 radical (unpaired) electrons. The van der Waals surface area contributed by atoms with Gasteiger partial charge in [0.2, 0.25) is 15.9 Å². The molecule has 2 unspecified atom stereocenters. The number of hydrogen-bond acceptors (Lipinski definition) is 4. The second-order valence-corrected chi connectivity index (χ2v) is 7.45. The first-order valence-electron chi connectivity index (χ1n) is 7.03. The van der Waals surface area contributed by atoms with Crippen molar-refractivity contribution < 1.29 is 13.2 Å². The van der Waals surface area contributed by atoms with Crippen LogP contribution in [0.2, 0.25) is 0 Å². The Kier molecular flexibility index (Phi) is 4.95. The molecule has 7 heteroatoms. The van der Waals surface area contributed by atoms with Crippen molar-refractivity contribution >= 4 is 15.9 Å². The number of rotatable bonds is 4. The van der Waals surface area contributed by atoms with Crippen LogP contribution in [0.3, 0.4) is 0 Å². The van der Waals surface area contributed by atoms with Gasteiger partial charge in [-0.3, -0.25) is 9.78 Å². The number of sulfonamides is 1. The number of aromatic nitrogens is 1. The number of amides is 1. The smallest absolute Gasteiger partial charge is 0.224 e. The molecule has 1 aromatic rings. The summed E-state index contributed by atoms with van der Waals surface area (Å²) >= 11 is 0. The van der Waals surface area contributed by atoms with E-state index < -0.39 is 10.0 Å². The Morgan fingerprint density at radius 1 is 1.43 bits per heavy atom. The Morgan fingerprint density at radius 2 is 2.10 bits per heavy atom. The lowest BCUT2D eigenvalue weighted by Crippen LogP contribution is -2.45. The van der Waals surface area contributed by atoms with Crippen LogP contribution in [0, 0.1) is 5.92 Å². The Labute approximate surface area is 125 Å². The first-order chi connectivity index (χ1) is 9.88.